The van der Waals surface area contributed by atoms with Crippen molar-refractivity contribution in [1.82, 2.24) is 0 Å². The number of halogens is 1. The van der Waals surface area contributed by atoms with E-state index in [1.165, 1.54) is 0 Å². The Morgan fingerprint density at radius 2 is 1.89 bits per heavy atom. The molecule has 100 valence electrons. The number of aliphatic hydroxyl groups excluding tert-OH is 1. The number of aliphatic hydroxyl groups is 1. The van der Waals surface area contributed by atoms with E-state index in [2.05, 4.69) is 19.9 Å². The van der Waals surface area contributed by atoms with Crippen LogP contribution in [0.2, 0.25) is 0 Å². The predicted molar refractivity (Wildman–Crippen MR) is 75.4 cm³/mol. The molecule has 0 radical (unpaired) electrons. The lowest BCUT2D eigenvalue weighted by Crippen LogP contribution is -2.27. The molecule has 3 nitrogen and oxygen atoms in total. The van der Waals surface area contributed by atoms with E-state index in [0.717, 1.165) is 12.0 Å². The first kappa shape index (κ1) is 16.9. The molecule has 1 rings (SSSR count). The van der Waals surface area contributed by atoms with Crippen molar-refractivity contribution in [1.29, 1.82) is 5.26 Å². The summed E-state index contributed by atoms with van der Waals surface area (Å²) in [6.07, 6.45) is 1.01. The van der Waals surface area contributed by atoms with Crippen LogP contribution in [0.5, 0.6) is 0 Å². The summed E-state index contributed by atoms with van der Waals surface area (Å²) in [4.78, 5) is 0. The van der Waals surface area contributed by atoms with Gasteiger partial charge in [-0.3, -0.25) is 0 Å². The van der Waals surface area contributed by atoms with Gasteiger partial charge in [0.05, 0.1) is 23.8 Å². The second-order valence-electron chi connectivity index (χ2n) is 4.76. The van der Waals surface area contributed by atoms with Crippen LogP contribution in [0.3, 0.4) is 0 Å². The van der Waals surface area contributed by atoms with Gasteiger partial charge in [-0.1, -0.05) is 32.0 Å². The molecule has 0 unspecified atom stereocenters. The molecule has 2 atom stereocenters. The van der Waals surface area contributed by atoms with Gasteiger partial charge in [-0.2, -0.15) is 5.26 Å². The Bertz CT molecular complexity index is 401. The van der Waals surface area contributed by atoms with Crippen molar-refractivity contribution in [2.45, 2.75) is 38.8 Å². The molecule has 0 heterocycles. The van der Waals surface area contributed by atoms with Crippen LogP contribution < -0.4 is 5.73 Å². The minimum absolute atomic E-state index is 0. The quantitative estimate of drug-likeness (QED) is 0.863. The molecule has 0 aliphatic rings. The molecule has 0 saturated carbocycles. The van der Waals surface area contributed by atoms with E-state index in [1.54, 1.807) is 12.1 Å². The van der Waals surface area contributed by atoms with Gasteiger partial charge < -0.3 is 10.8 Å². The Balaban J connectivity index is 0.00000289. The Hall–Kier alpha value is -1.08. The summed E-state index contributed by atoms with van der Waals surface area (Å²) in [6.45, 7) is 4.23. The molecule has 0 saturated heterocycles. The van der Waals surface area contributed by atoms with Crippen LogP contribution in [0, 0.1) is 17.2 Å². The molecule has 0 spiro atoms. The highest BCUT2D eigenvalue weighted by atomic mass is 35.5. The van der Waals surface area contributed by atoms with Gasteiger partial charge in [-0.05, 0) is 30.4 Å². The van der Waals surface area contributed by atoms with Crippen LogP contribution in [0.1, 0.15) is 43.9 Å². The first-order valence-corrected chi connectivity index (χ1v) is 5.99. The van der Waals surface area contributed by atoms with E-state index in [4.69, 9.17) is 11.0 Å². The summed E-state index contributed by atoms with van der Waals surface area (Å²) in [5.41, 5.74) is 7.27. The van der Waals surface area contributed by atoms with E-state index in [9.17, 15) is 5.11 Å². The molecule has 3 N–H and O–H groups in total. The molecule has 0 fully saturated rings. The third kappa shape index (κ3) is 4.66. The molecule has 0 aliphatic carbocycles. The van der Waals surface area contributed by atoms with Crippen LogP contribution in [-0.4, -0.2) is 11.2 Å². The number of nitriles is 1. The first-order chi connectivity index (χ1) is 8.06. The first-order valence-electron chi connectivity index (χ1n) is 5.99. The number of nitrogens with zero attached hydrogens (tertiary/aromatic N) is 1. The zero-order chi connectivity index (χ0) is 12.8. The summed E-state index contributed by atoms with van der Waals surface area (Å²) in [7, 11) is 0. The van der Waals surface area contributed by atoms with Crippen molar-refractivity contribution < 1.29 is 5.11 Å². The van der Waals surface area contributed by atoms with Crippen molar-refractivity contribution in [3.8, 4) is 6.07 Å². The maximum atomic E-state index is 10.0. The Labute approximate surface area is 115 Å². The average Bonchev–Trinajstić information content (AvgIpc) is 2.34. The summed E-state index contributed by atoms with van der Waals surface area (Å²) in [5.74, 6) is 0.545. The van der Waals surface area contributed by atoms with E-state index < -0.39 is 12.1 Å². The Morgan fingerprint density at radius 3 is 2.44 bits per heavy atom. The molecule has 0 aliphatic heterocycles. The number of nitrogens with two attached hydrogens (primary N) is 1. The largest absolute Gasteiger partial charge is 0.391 e. The van der Waals surface area contributed by atoms with Gasteiger partial charge >= 0.3 is 0 Å². The van der Waals surface area contributed by atoms with E-state index in [0.29, 0.717) is 17.9 Å². The second kappa shape index (κ2) is 8.10. The van der Waals surface area contributed by atoms with E-state index >= 15 is 0 Å². The molecule has 1 aromatic carbocycles. The van der Waals surface area contributed by atoms with Crippen molar-refractivity contribution >= 4 is 12.4 Å². The fourth-order valence-corrected chi connectivity index (χ4v) is 1.78. The van der Waals surface area contributed by atoms with Gasteiger partial charge in [0.25, 0.3) is 0 Å². The van der Waals surface area contributed by atoms with Gasteiger partial charge in [0.15, 0.2) is 0 Å². The molecule has 18 heavy (non-hydrogen) atoms. The molecule has 4 heteroatoms. The van der Waals surface area contributed by atoms with E-state index in [-0.39, 0.29) is 12.4 Å². The van der Waals surface area contributed by atoms with Gasteiger partial charge in [-0.15, -0.1) is 12.4 Å². The van der Waals surface area contributed by atoms with Crippen LogP contribution in [-0.2, 0) is 0 Å². The van der Waals surface area contributed by atoms with Crippen molar-refractivity contribution in [2.24, 2.45) is 11.7 Å². The maximum Gasteiger partial charge on any atom is 0.0995 e. The Morgan fingerprint density at radius 1 is 1.28 bits per heavy atom. The zero-order valence-corrected chi connectivity index (χ0v) is 11.7. The summed E-state index contributed by atoms with van der Waals surface area (Å²) in [6, 6.07) is 8.80. The standard InChI is InChI=1S/C14H20N2O.ClH/c1-10(2)7-8-13(17)14(16)12-6-4-3-5-11(12)9-15;/h3-6,10,13-14,17H,7-8,16H2,1-2H3;1H/t13-,14+;/m0./s1. The van der Waals surface area contributed by atoms with Crippen LogP contribution >= 0.6 is 12.4 Å². The molecule has 0 amide bonds. The van der Waals surface area contributed by atoms with Crippen LogP contribution in [0.4, 0.5) is 0 Å². The third-order valence-corrected chi connectivity index (χ3v) is 2.89. The lowest BCUT2D eigenvalue weighted by atomic mass is 9.93. The minimum Gasteiger partial charge on any atom is -0.391 e. The van der Waals surface area contributed by atoms with Gasteiger partial charge in [0, 0.05) is 0 Å². The number of rotatable bonds is 5. The fraction of sp³-hybridized carbons (Fsp3) is 0.500. The van der Waals surface area contributed by atoms with Gasteiger partial charge in [-0.25, -0.2) is 0 Å². The molecular formula is C14H21ClN2O. The summed E-state index contributed by atoms with van der Waals surface area (Å²) in [5, 5.41) is 19.0. The molecule has 0 bridgehead atoms. The number of hydrogen-bond donors (Lipinski definition) is 2. The van der Waals surface area contributed by atoms with Crippen molar-refractivity contribution in [2.75, 3.05) is 0 Å². The molecule has 0 aromatic heterocycles. The smallest absolute Gasteiger partial charge is 0.0995 e. The number of benzene rings is 1. The monoisotopic (exact) mass is 268 g/mol. The lowest BCUT2D eigenvalue weighted by Gasteiger charge is -2.20. The van der Waals surface area contributed by atoms with Crippen LogP contribution in [0.15, 0.2) is 24.3 Å². The normalized spacial score (nSPS) is 13.6. The van der Waals surface area contributed by atoms with Gasteiger partial charge in [0.1, 0.15) is 0 Å². The summed E-state index contributed by atoms with van der Waals surface area (Å²) < 4.78 is 0. The highest BCUT2D eigenvalue weighted by Crippen LogP contribution is 2.22. The molecular weight excluding hydrogens is 248 g/mol. The predicted octanol–water partition coefficient (Wildman–Crippen LogP) is 2.78. The lowest BCUT2D eigenvalue weighted by molar-refractivity contribution is 0.128. The SMILES string of the molecule is CC(C)CC[C@H](O)[C@H](N)c1ccccc1C#N.Cl. The second-order valence-corrected chi connectivity index (χ2v) is 4.76. The summed E-state index contributed by atoms with van der Waals surface area (Å²) >= 11 is 0. The third-order valence-electron chi connectivity index (χ3n) is 2.89. The highest BCUT2D eigenvalue weighted by molar-refractivity contribution is 5.85. The van der Waals surface area contributed by atoms with Crippen molar-refractivity contribution in [3.05, 3.63) is 35.4 Å². The van der Waals surface area contributed by atoms with Crippen LogP contribution in [0.25, 0.3) is 0 Å². The van der Waals surface area contributed by atoms with E-state index in [1.807, 2.05) is 12.1 Å². The average molecular weight is 269 g/mol. The fourth-order valence-electron chi connectivity index (χ4n) is 1.78. The topological polar surface area (TPSA) is 70.0 Å². The minimum atomic E-state index is -0.591. The number of hydrogen-bond acceptors (Lipinski definition) is 3. The molecule has 1 aromatic rings. The van der Waals surface area contributed by atoms with Crippen molar-refractivity contribution in [3.63, 3.8) is 0 Å². The highest BCUT2D eigenvalue weighted by Gasteiger charge is 2.19. The Kier molecular flexibility index (Phi) is 7.61. The van der Waals surface area contributed by atoms with Gasteiger partial charge in [0.2, 0.25) is 0 Å². The maximum absolute atomic E-state index is 10.0. The zero-order valence-electron chi connectivity index (χ0n) is 10.8.